The van der Waals surface area contributed by atoms with Crippen molar-refractivity contribution in [3.05, 3.63) is 5.01 Å². The van der Waals surface area contributed by atoms with Gasteiger partial charge in [-0.3, -0.25) is 4.79 Å². The zero-order valence-electron chi connectivity index (χ0n) is 12.3. The third-order valence-electron chi connectivity index (χ3n) is 4.64. The largest absolute Gasteiger partial charge is 0.347 e. The van der Waals surface area contributed by atoms with Crippen LogP contribution in [0.1, 0.15) is 38.1 Å². The van der Waals surface area contributed by atoms with Gasteiger partial charge in [0, 0.05) is 38.0 Å². The second kappa shape index (κ2) is 5.31. The molecule has 0 radical (unpaired) electrons. The fourth-order valence-corrected chi connectivity index (χ4v) is 4.12. The Morgan fingerprint density at radius 2 is 2.00 bits per heavy atom. The van der Waals surface area contributed by atoms with E-state index in [1.807, 2.05) is 4.90 Å². The topological polar surface area (TPSA) is 49.3 Å². The number of hydrogen-bond acceptors (Lipinski definition) is 5. The number of nitrogens with zero attached hydrogens (tertiary/aromatic N) is 4. The summed E-state index contributed by atoms with van der Waals surface area (Å²) in [7, 11) is 0. The van der Waals surface area contributed by atoms with Crippen LogP contribution in [0.15, 0.2) is 0 Å². The number of carbonyl (C=O) groups excluding carboxylic acids is 1. The van der Waals surface area contributed by atoms with Gasteiger partial charge in [0.25, 0.3) is 0 Å². The number of amides is 1. The minimum atomic E-state index is 0.224. The Bertz CT molecular complexity index is 493. The molecule has 0 aliphatic carbocycles. The molecule has 3 heterocycles. The highest BCUT2D eigenvalue weighted by atomic mass is 32.1. The first-order valence-corrected chi connectivity index (χ1v) is 8.32. The molecule has 1 amide bonds. The van der Waals surface area contributed by atoms with Gasteiger partial charge >= 0.3 is 0 Å². The van der Waals surface area contributed by atoms with Crippen molar-refractivity contribution in [2.24, 2.45) is 5.41 Å². The van der Waals surface area contributed by atoms with E-state index >= 15 is 0 Å². The lowest BCUT2D eigenvalue weighted by Gasteiger charge is -2.38. The van der Waals surface area contributed by atoms with Gasteiger partial charge < -0.3 is 9.80 Å². The van der Waals surface area contributed by atoms with Gasteiger partial charge in [-0.05, 0) is 26.2 Å². The standard InChI is InChI=1S/C14H22N4OS/c1-3-11-15-16-13(20-11)18-7-5-14(6-8-18)9-12(19)17(4-2)10-14/h3-10H2,1-2H3. The summed E-state index contributed by atoms with van der Waals surface area (Å²) in [5, 5.41) is 10.6. The van der Waals surface area contributed by atoms with E-state index in [9.17, 15) is 4.79 Å². The predicted octanol–water partition coefficient (Wildman–Crippen LogP) is 1.94. The van der Waals surface area contributed by atoms with Crippen LogP contribution in [-0.4, -0.2) is 47.2 Å². The molecule has 1 aromatic rings. The van der Waals surface area contributed by atoms with Gasteiger partial charge in [0.1, 0.15) is 5.01 Å². The zero-order chi connectivity index (χ0) is 14.2. The Balaban J connectivity index is 1.64. The van der Waals surface area contributed by atoms with E-state index < -0.39 is 0 Å². The molecule has 0 unspecified atom stereocenters. The summed E-state index contributed by atoms with van der Waals surface area (Å²) in [5.74, 6) is 0.338. The number of carbonyl (C=O) groups is 1. The summed E-state index contributed by atoms with van der Waals surface area (Å²) in [4.78, 5) is 16.3. The Morgan fingerprint density at radius 1 is 1.25 bits per heavy atom. The molecule has 3 rings (SSSR count). The van der Waals surface area contributed by atoms with Crippen LogP contribution in [0.4, 0.5) is 5.13 Å². The molecule has 0 aromatic carbocycles. The van der Waals surface area contributed by atoms with Crippen molar-refractivity contribution in [1.29, 1.82) is 0 Å². The predicted molar refractivity (Wildman–Crippen MR) is 80.0 cm³/mol. The van der Waals surface area contributed by atoms with Crippen molar-refractivity contribution < 1.29 is 4.79 Å². The van der Waals surface area contributed by atoms with Crippen LogP contribution in [0.5, 0.6) is 0 Å². The lowest BCUT2D eigenvalue weighted by molar-refractivity contribution is -0.127. The number of likely N-dealkylation sites (tertiary alicyclic amines) is 1. The van der Waals surface area contributed by atoms with E-state index in [1.165, 1.54) is 0 Å². The van der Waals surface area contributed by atoms with Crippen LogP contribution >= 0.6 is 11.3 Å². The van der Waals surface area contributed by atoms with E-state index in [1.54, 1.807) is 11.3 Å². The molecule has 2 fully saturated rings. The number of hydrogen-bond donors (Lipinski definition) is 0. The molecule has 6 heteroatoms. The van der Waals surface area contributed by atoms with Gasteiger partial charge in [-0.25, -0.2) is 0 Å². The van der Waals surface area contributed by atoms with Crippen molar-refractivity contribution in [3.63, 3.8) is 0 Å². The highest BCUT2D eigenvalue weighted by Gasteiger charge is 2.44. The molecule has 0 saturated carbocycles. The first kappa shape index (κ1) is 13.8. The highest BCUT2D eigenvalue weighted by Crippen LogP contribution is 2.42. The van der Waals surface area contributed by atoms with Crippen LogP contribution in [0, 0.1) is 5.41 Å². The molecule has 1 aromatic heterocycles. The third-order valence-corrected chi connectivity index (χ3v) is 5.77. The van der Waals surface area contributed by atoms with Gasteiger partial charge in [0.15, 0.2) is 0 Å². The fraction of sp³-hybridized carbons (Fsp3) is 0.786. The maximum atomic E-state index is 12.0. The summed E-state index contributed by atoms with van der Waals surface area (Å²) in [5.41, 5.74) is 0.224. The van der Waals surface area contributed by atoms with Crippen LogP contribution in [0.3, 0.4) is 0 Å². The molecule has 1 spiro atoms. The molecular weight excluding hydrogens is 272 g/mol. The maximum absolute atomic E-state index is 12.0. The number of aryl methyl sites for hydroxylation is 1. The molecular formula is C14H22N4OS. The summed E-state index contributed by atoms with van der Waals surface area (Å²) < 4.78 is 0. The van der Waals surface area contributed by atoms with E-state index in [0.717, 1.165) is 62.0 Å². The Labute approximate surface area is 124 Å². The van der Waals surface area contributed by atoms with Crippen LogP contribution in [0.2, 0.25) is 0 Å². The lowest BCUT2D eigenvalue weighted by Crippen LogP contribution is -2.41. The Kier molecular flexibility index (Phi) is 3.67. The smallest absolute Gasteiger partial charge is 0.223 e. The highest BCUT2D eigenvalue weighted by molar-refractivity contribution is 7.15. The maximum Gasteiger partial charge on any atom is 0.223 e. The summed E-state index contributed by atoms with van der Waals surface area (Å²) in [6, 6.07) is 0. The van der Waals surface area contributed by atoms with E-state index in [2.05, 4.69) is 28.9 Å². The van der Waals surface area contributed by atoms with E-state index in [4.69, 9.17) is 0 Å². The normalized spacial score (nSPS) is 22.0. The van der Waals surface area contributed by atoms with Gasteiger partial charge in [-0.1, -0.05) is 18.3 Å². The molecule has 0 N–H and O–H groups in total. The number of aromatic nitrogens is 2. The summed E-state index contributed by atoms with van der Waals surface area (Å²) in [6.45, 7) is 7.98. The molecule has 0 bridgehead atoms. The van der Waals surface area contributed by atoms with Crippen LogP contribution in [-0.2, 0) is 11.2 Å². The number of rotatable bonds is 3. The Morgan fingerprint density at radius 3 is 2.55 bits per heavy atom. The molecule has 2 saturated heterocycles. The van der Waals surface area contributed by atoms with Crippen molar-refractivity contribution in [2.45, 2.75) is 39.5 Å². The number of anilines is 1. The van der Waals surface area contributed by atoms with Crippen molar-refractivity contribution in [2.75, 3.05) is 31.1 Å². The SMILES string of the molecule is CCc1nnc(N2CCC3(CC2)CC(=O)N(CC)C3)s1. The van der Waals surface area contributed by atoms with Gasteiger partial charge in [-0.2, -0.15) is 0 Å². The van der Waals surface area contributed by atoms with E-state index in [-0.39, 0.29) is 5.41 Å². The molecule has 2 aliphatic heterocycles. The molecule has 20 heavy (non-hydrogen) atoms. The average Bonchev–Trinajstić information content (AvgIpc) is 3.05. The van der Waals surface area contributed by atoms with Gasteiger partial charge in [-0.15, -0.1) is 10.2 Å². The molecule has 2 aliphatic rings. The summed E-state index contributed by atoms with van der Waals surface area (Å²) >= 11 is 1.70. The minimum Gasteiger partial charge on any atom is -0.347 e. The second-order valence-corrected chi connectivity index (χ2v) is 6.94. The quantitative estimate of drug-likeness (QED) is 0.855. The van der Waals surface area contributed by atoms with Gasteiger partial charge in [0.05, 0.1) is 0 Å². The zero-order valence-corrected chi connectivity index (χ0v) is 13.1. The fourth-order valence-electron chi connectivity index (χ4n) is 3.29. The lowest BCUT2D eigenvalue weighted by atomic mass is 9.78. The van der Waals surface area contributed by atoms with E-state index in [0.29, 0.717) is 5.91 Å². The monoisotopic (exact) mass is 294 g/mol. The minimum absolute atomic E-state index is 0.224. The molecule has 5 nitrogen and oxygen atoms in total. The van der Waals surface area contributed by atoms with Crippen molar-refractivity contribution >= 4 is 22.4 Å². The molecule has 0 atom stereocenters. The van der Waals surface area contributed by atoms with Crippen LogP contribution < -0.4 is 4.90 Å². The third kappa shape index (κ3) is 2.41. The average molecular weight is 294 g/mol. The molecule has 110 valence electrons. The second-order valence-electron chi connectivity index (χ2n) is 5.90. The number of piperidine rings is 1. The summed E-state index contributed by atoms with van der Waals surface area (Å²) in [6.07, 6.45) is 3.88. The van der Waals surface area contributed by atoms with Crippen molar-refractivity contribution in [1.82, 2.24) is 15.1 Å². The van der Waals surface area contributed by atoms with Gasteiger partial charge in [0.2, 0.25) is 11.0 Å². The Hall–Kier alpha value is -1.17. The van der Waals surface area contributed by atoms with Crippen LogP contribution in [0.25, 0.3) is 0 Å². The first-order valence-electron chi connectivity index (χ1n) is 7.51. The van der Waals surface area contributed by atoms with Crippen molar-refractivity contribution in [3.8, 4) is 0 Å². The first-order chi connectivity index (χ1) is 9.65.